The van der Waals surface area contributed by atoms with Gasteiger partial charge in [0.05, 0.1) is 6.61 Å². The predicted molar refractivity (Wildman–Crippen MR) is 158 cm³/mol. The maximum atomic E-state index is 13.4. The first-order valence-corrected chi connectivity index (χ1v) is 14.5. The third-order valence-electron chi connectivity index (χ3n) is 8.43. The number of fused-ring (bicyclic) bond motifs is 3. The molecule has 5 aliphatic rings. The van der Waals surface area contributed by atoms with Crippen molar-refractivity contribution in [2.24, 2.45) is 15.8 Å². The van der Waals surface area contributed by atoms with Crippen LogP contribution in [0.2, 0.25) is 0 Å². The zero-order chi connectivity index (χ0) is 28.8. The molecule has 2 N–H and O–H groups in total. The molecule has 2 aromatic rings. The molecule has 3 fully saturated rings. The minimum atomic E-state index is -0.515. The highest BCUT2D eigenvalue weighted by molar-refractivity contribution is 6.12. The van der Waals surface area contributed by atoms with E-state index in [1.165, 1.54) is 10.7 Å². The van der Waals surface area contributed by atoms with Crippen molar-refractivity contribution in [2.75, 3.05) is 71.5 Å². The number of ether oxygens (including phenoxy) is 2. The van der Waals surface area contributed by atoms with E-state index in [0.29, 0.717) is 48.7 Å². The van der Waals surface area contributed by atoms with Gasteiger partial charge in [0.15, 0.2) is 11.6 Å². The highest BCUT2D eigenvalue weighted by Gasteiger charge is 2.51. The Morgan fingerprint density at radius 3 is 2.55 bits per heavy atom. The number of carbonyl (C=O) groups excluding carboxylic acids is 1. The van der Waals surface area contributed by atoms with Crippen LogP contribution in [0.15, 0.2) is 56.5 Å². The molecule has 13 nitrogen and oxygen atoms in total. The Bertz CT molecular complexity index is 1410. The molecule has 4 aliphatic heterocycles. The number of furan rings is 1. The molecule has 0 bridgehead atoms. The number of rotatable bonds is 10. The molecular weight excluding hydrogens is 538 g/mol. The van der Waals surface area contributed by atoms with Gasteiger partial charge in [0.2, 0.25) is 6.29 Å². The maximum absolute atomic E-state index is 13.4. The number of hydrogen-bond donors (Lipinski definition) is 1. The van der Waals surface area contributed by atoms with E-state index in [1.807, 2.05) is 29.3 Å². The minimum absolute atomic E-state index is 0.0997. The van der Waals surface area contributed by atoms with Crippen LogP contribution in [0.1, 0.15) is 30.3 Å². The van der Waals surface area contributed by atoms with Gasteiger partial charge in [-0.1, -0.05) is 0 Å². The first kappa shape index (κ1) is 26.8. The van der Waals surface area contributed by atoms with Crippen molar-refractivity contribution in [1.82, 2.24) is 24.8 Å². The maximum Gasteiger partial charge on any atom is 0.341 e. The van der Waals surface area contributed by atoms with Crippen molar-refractivity contribution in [3.8, 4) is 5.75 Å². The first-order chi connectivity index (χ1) is 20.5. The fourth-order valence-corrected chi connectivity index (χ4v) is 5.90. The SMILES string of the molecule is COCCOc1ccc(N2CCN(CCN3C(=O)N(C)N4C5=C(c6ccc(C7CC7)o6)N=CN(N)C5=NC34)CC2)cc1. The van der Waals surface area contributed by atoms with Crippen LogP contribution in [0.5, 0.6) is 5.75 Å². The third kappa shape index (κ3) is 4.86. The molecule has 1 atom stereocenters. The molecular formula is C29H37N9O4. The Hall–Kier alpha value is -4.07. The molecule has 2 amide bonds. The van der Waals surface area contributed by atoms with Gasteiger partial charge in [-0.05, 0) is 49.2 Å². The molecule has 42 heavy (non-hydrogen) atoms. The molecule has 0 radical (unpaired) electrons. The number of aliphatic imine (C=N–C) groups is 2. The van der Waals surface area contributed by atoms with E-state index in [1.54, 1.807) is 30.4 Å². The third-order valence-corrected chi connectivity index (χ3v) is 8.43. The van der Waals surface area contributed by atoms with E-state index < -0.39 is 6.29 Å². The van der Waals surface area contributed by atoms with Gasteiger partial charge < -0.3 is 18.8 Å². The quantitative estimate of drug-likeness (QED) is 0.336. The molecule has 0 spiro atoms. The van der Waals surface area contributed by atoms with Gasteiger partial charge in [-0.3, -0.25) is 9.80 Å². The molecule has 1 aromatic heterocycles. The lowest BCUT2D eigenvalue weighted by molar-refractivity contribution is 0.0841. The lowest BCUT2D eigenvalue weighted by Crippen LogP contribution is -2.49. The summed E-state index contributed by atoms with van der Waals surface area (Å²) in [5.74, 6) is 9.81. The number of nitrogens with two attached hydrogens (primary N) is 1. The second-order valence-electron chi connectivity index (χ2n) is 11.1. The molecule has 5 heterocycles. The number of carbonyl (C=O) groups is 1. The van der Waals surface area contributed by atoms with Crippen LogP contribution in [0.3, 0.4) is 0 Å². The lowest BCUT2D eigenvalue weighted by atomic mass is 10.2. The second-order valence-corrected chi connectivity index (χ2v) is 11.1. The largest absolute Gasteiger partial charge is 0.491 e. The number of hydrogen-bond acceptors (Lipinski definition) is 11. The van der Waals surface area contributed by atoms with Crippen LogP contribution >= 0.6 is 0 Å². The van der Waals surface area contributed by atoms with Crippen LogP contribution in [0.4, 0.5) is 10.5 Å². The molecule has 7 rings (SSSR count). The minimum Gasteiger partial charge on any atom is -0.491 e. The van der Waals surface area contributed by atoms with Gasteiger partial charge in [-0.2, -0.15) is 0 Å². The predicted octanol–water partition coefficient (Wildman–Crippen LogP) is 2.17. The summed E-state index contributed by atoms with van der Waals surface area (Å²) in [4.78, 5) is 29.5. The topological polar surface area (TPSA) is 119 Å². The fourth-order valence-electron chi connectivity index (χ4n) is 5.90. The van der Waals surface area contributed by atoms with Crippen molar-refractivity contribution in [2.45, 2.75) is 25.0 Å². The normalized spacial score (nSPS) is 22.4. The van der Waals surface area contributed by atoms with E-state index >= 15 is 0 Å². The highest BCUT2D eigenvalue weighted by Crippen LogP contribution is 2.43. The van der Waals surface area contributed by atoms with Gasteiger partial charge in [0.25, 0.3) is 0 Å². The number of urea groups is 1. The average molecular weight is 576 g/mol. The molecule has 2 saturated heterocycles. The van der Waals surface area contributed by atoms with Crippen molar-refractivity contribution < 1.29 is 18.7 Å². The zero-order valence-corrected chi connectivity index (χ0v) is 24.1. The van der Waals surface area contributed by atoms with Crippen molar-refractivity contribution in [3.63, 3.8) is 0 Å². The smallest absolute Gasteiger partial charge is 0.341 e. The van der Waals surface area contributed by atoms with Gasteiger partial charge in [0, 0.05) is 65.0 Å². The van der Waals surface area contributed by atoms with E-state index in [4.69, 9.17) is 24.7 Å². The van der Waals surface area contributed by atoms with Gasteiger partial charge >= 0.3 is 6.03 Å². The molecule has 1 aromatic carbocycles. The summed E-state index contributed by atoms with van der Waals surface area (Å²) < 4.78 is 16.9. The Morgan fingerprint density at radius 2 is 1.81 bits per heavy atom. The Morgan fingerprint density at radius 1 is 1.02 bits per heavy atom. The standard InChI is InChI=1S/C29H37N9O4/c1-33-29(39)36(16-13-34-11-14-35(15-12-34)21-5-7-22(8-6-21)41-18-17-40-2)28-32-27-26(38(28)33)25(31-19-37(27)30)24-10-9-23(42-24)20-3-4-20/h5-10,19-20,28H,3-4,11-18,30H2,1-2H3. The van der Waals surface area contributed by atoms with E-state index in [0.717, 1.165) is 57.1 Å². The van der Waals surface area contributed by atoms with Crippen LogP contribution in [-0.2, 0) is 4.74 Å². The molecule has 1 aliphatic carbocycles. The van der Waals surface area contributed by atoms with Crippen LogP contribution in [0.25, 0.3) is 5.70 Å². The van der Waals surface area contributed by atoms with Crippen LogP contribution in [0, 0.1) is 0 Å². The molecule has 13 heteroatoms. The number of benzene rings is 1. The first-order valence-electron chi connectivity index (χ1n) is 14.5. The summed E-state index contributed by atoms with van der Waals surface area (Å²) in [5.41, 5.74) is 2.50. The summed E-state index contributed by atoms with van der Waals surface area (Å²) in [6.45, 7) is 6.07. The number of amidine groups is 1. The number of nitrogens with zero attached hydrogens (tertiary/aromatic N) is 8. The average Bonchev–Trinajstić information content (AvgIpc) is 3.53. The van der Waals surface area contributed by atoms with E-state index in [9.17, 15) is 4.79 Å². The van der Waals surface area contributed by atoms with Gasteiger partial charge in [-0.15, -0.1) is 0 Å². The van der Waals surface area contributed by atoms with Crippen molar-refractivity contribution in [3.05, 3.63) is 53.6 Å². The number of anilines is 1. The number of piperazine rings is 1. The molecule has 1 unspecified atom stereocenters. The number of hydrazine groups is 2. The molecule has 1 saturated carbocycles. The Kier molecular flexibility index (Phi) is 7.00. The summed E-state index contributed by atoms with van der Waals surface area (Å²) in [5, 5.41) is 4.90. The van der Waals surface area contributed by atoms with Crippen LogP contribution < -0.4 is 15.5 Å². The Balaban J connectivity index is 0.992. The number of methoxy groups -OCH3 is 1. The van der Waals surface area contributed by atoms with Gasteiger partial charge in [0.1, 0.15) is 35.8 Å². The van der Waals surface area contributed by atoms with Gasteiger partial charge in [-0.25, -0.2) is 35.6 Å². The fraction of sp³-hybridized carbons (Fsp3) is 0.483. The van der Waals surface area contributed by atoms with Crippen molar-refractivity contribution in [1.29, 1.82) is 0 Å². The summed E-state index contributed by atoms with van der Waals surface area (Å²) in [6.07, 6.45) is 3.34. The second kappa shape index (κ2) is 11.0. The molecule has 222 valence electrons. The van der Waals surface area contributed by atoms with E-state index in [2.05, 4.69) is 26.9 Å². The summed E-state index contributed by atoms with van der Waals surface area (Å²) >= 11 is 0. The zero-order valence-electron chi connectivity index (χ0n) is 24.1. The highest BCUT2D eigenvalue weighted by atomic mass is 16.5. The lowest BCUT2D eigenvalue weighted by Gasteiger charge is -2.36. The van der Waals surface area contributed by atoms with Crippen molar-refractivity contribution >= 4 is 29.6 Å². The Labute approximate surface area is 245 Å². The number of amides is 2. The van der Waals surface area contributed by atoms with E-state index in [-0.39, 0.29) is 6.03 Å². The summed E-state index contributed by atoms with van der Waals surface area (Å²) in [6, 6.07) is 12.1. The summed E-state index contributed by atoms with van der Waals surface area (Å²) in [7, 11) is 3.43. The van der Waals surface area contributed by atoms with Crippen LogP contribution in [-0.4, -0.2) is 116 Å². The monoisotopic (exact) mass is 575 g/mol.